The summed E-state index contributed by atoms with van der Waals surface area (Å²) in [4.78, 5) is 20.4. The number of rotatable bonds is 6. The molecule has 0 saturated carbocycles. The molecule has 22 heavy (non-hydrogen) atoms. The lowest BCUT2D eigenvalue weighted by Gasteiger charge is -2.18. The second kappa shape index (κ2) is 6.95. The van der Waals surface area contributed by atoms with Crippen LogP contribution < -0.4 is 5.32 Å². The van der Waals surface area contributed by atoms with Crippen LogP contribution >= 0.6 is 11.3 Å². The van der Waals surface area contributed by atoms with Crippen LogP contribution in [0.5, 0.6) is 0 Å². The Bertz CT molecular complexity index is 697. The molecule has 6 nitrogen and oxygen atoms in total. The number of nitrogens with one attached hydrogen (secondary N) is 1. The normalized spacial score (nSPS) is 12.0. The first kappa shape index (κ1) is 14.4. The van der Waals surface area contributed by atoms with E-state index in [-0.39, 0.29) is 18.5 Å². The molecule has 0 aliphatic carbocycles. The van der Waals surface area contributed by atoms with Gasteiger partial charge in [-0.1, -0.05) is 6.07 Å². The predicted octanol–water partition coefficient (Wildman–Crippen LogP) is 1.83. The van der Waals surface area contributed by atoms with Crippen molar-refractivity contribution in [1.82, 2.24) is 25.1 Å². The number of nitrogens with zero attached hydrogens (tertiary/aromatic N) is 4. The standard InChI is InChI=1S/C15H15N5OS/c21-15(8-20-11-16-10-18-20)19-14(7-12-4-6-22-9-12)13-3-1-2-5-17-13/h1-6,9-11,14H,7-8H2,(H,19,21)/t14-/m0/s1. The van der Waals surface area contributed by atoms with Crippen LogP contribution in [0.4, 0.5) is 0 Å². The Morgan fingerprint density at radius 1 is 1.36 bits per heavy atom. The number of amides is 1. The molecule has 0 radical (unpaired) electrons. The zero-order chi connectivity index (χ0) is 15.2. The van der Waals surface area contributed by atoms with E-state index in [4.69, 9.17) is 0 Å². The molecule has 1 amide bonds. The summed E-state index contributed by atoms with van der Waals surface area (Å²) in [5.41, 5.74) is 2.03. The maximum absolute atomic E-state index is 12.2. The highest BCUT2D eigenvalue weighted by Crippen LogP contribution is 2.18. The average Bonchev–Trinajstić information content (AvgIpc) is 3.21. The molecule has 3 aromatic rings. The fourth-order valence-corrected chi connectivity index (χ4v) is 2.84. The zero-order valence-electron chi connectivity index (χ0n) is 11.8. The lowest BCUT2D eigenvalue weighted by molar-refractivity contribution is -0.122. The SMILES string of the molecule is O=C(Cn1cncn1)N[C@@H](Cc1ccsc1)c1ccccn1. The molecule has 0 fully saturated rings. The highest BCUT2D eigenvalue weighted by Gasteiger charge is 2.17. The number of hydrogen-bond acceptors (Lipinski definition) is 5. The molecule has 3 aromatic heterocycles. The second-order valence-electron chi connectivity index (χ2n) is 4.80. The summed E-state index contributed by atoms with van der Waals surface area (Å²) in [5.74, 6) is -0.114. The van der Waals surface area contributed by atoms with E-state index in [9.17, 15) is 4.79 Å². The second-order valence-corrected chi connectivity index (χ2v) is 5.58. The van der Waals surface area contributed by atoms with Gasteiger partial charge in [0.25, 0.3) is 0 Å². The van der Waals surface area contributed by atoms with Crippen molar-refractivity contribution < 1.29 is 4.79 Å². The summed E-state index contributed by atoms with van der Waals surface area (Å²) in [6.45, 7) is 0.146. The van der Waals surface area contributed by atoms with Crippen molar-refractivity contribution in [2.45, 2.75) is 19.0 Å². The van der Waals surface area contributed by atoms with Crippen molar-refractivity contribution in [3.8, 4) is 0 Å². The lowest BCUT2D eigenvalue weighted by Crippen LogP contribution is -2.33. The molecule has 3 rings (SSSR count). The number of hydrogen-bond donors (Lipinski definition) is 1. The van der Waals surface area contributed by atoms with Gasteiger partial charge in [-0.15, -0.1) is 0 Å². The van der Waals surface area contributed by atoms with E-state index in [0.29, 0.717) is 6.42 Å². The Labute approximate surface area is 131 Å². The highest BCUT2D eigenvalue weighted by atomic mass is 32.1. The zero-order valence-corrected chi connectivity index (χ0v) is 12.6. The van der Waals surface area contributed by atoms with E-state index >= 15 is 0 Å². The first-order valence-electron chi connectivity index (χ1n) is 6.85. The van der Waals surface area contributed by atoms with Gasteiger partial charge in [-0.05, 0) is 40.9 Å². The van der Waals surface area contributed by atoms with Crippen LogP contribution in [0.15, 0.2) is 53.9 Å². The maximum Gasteiger partial charge on any atom is 0.242 e. The molecule has 0 spiro atoms. The lowest BCUT2D eigenvalue weighted by atomic mass is 10.1. The monoisotopic (exact) mass is 313 g/mol. The Kier molecular flexibility index (Phi) is 4.55. The van der Waals surface area contributed by atoms with Crippen LogP contribution in [0.1, 0.15) is 17.3 Å². The summed E-state index contributed by atoms with van der Waals surface area (Å²) < 4.78 is 1.50. The van der Waals surface area contributed by atoms with Crippen molar-refractivity contribution in [2.75, 3.05) is 0 Å². The third-order valence-electron chi connectivity index (χ3n) is 3.17. The van der Waals surface area contributed by atoms with Crippen molar-refractivity contribution in [3.05, 3.63) is 65.1 Å². The molecule has 0 bridgehead atoms. The van der Waals surface area contributed by atoms with Crippen molar-refractivity contribution in [3.63, 3.8) is 0 Å². The molecule has 7 heteroatoms. The number of thiophene rings is 1. The van der Waals surface area contributed by atoms with Crippen LogP contribution in [0.3, 0.4) is 0 Å². The fourth-order valence-electron chi connectivity index (χ4n) is 2.16. The van der Waals surface area contributed by atoms with Crippen LogP contribution in [0.2, 0.25) is 0 Å². The summed E-state index contributed by atoms with van der Waals surface area (Å²) in [6.07, 6.45) is 5.38. The van der Waals surface area contributed by atoms with E-state index in [1.54, 1.807) is 17.5 Å². The van der Waals surface area contributed by atoms with Gasteiger partial charge in [0.1, 0.15) is 19.2 Å². The van der Waals surface area contributed by atoms with Gasteiger partial charge in [-0.25, -0.2) is 9.67 Å². The van der Waals surface area contributed by atoms with Gasteiger partial charge in [0, 0.05) is 6.20 Å². The van der Waals surface area contributed by atoms with Crippen molar-refractivity contribution in [1.29, 1.82) is 0 Å². The minimum atomic E-state index is -0.160. The topological polar surface area (TPSA) is 72.7 Å². The van der Waals surface area contributed by atoms with Crippen LogP contribution in [-0.4, -0.2) is 25.7 Å². The van der Waals surface area contributed by atoms with E-state index in [0.717, 1.165) is 5.69 Å². The Morgan fingerprint density at radius 3 is 3.00 bits per heavy atom. The molecule has 0 aromatic carbocycles. The molecule has 0 aliphatic heterocycles. The Balaban J connectivity index is 1.72. The molecule has 112 valence electrons. The predicted molar refractivity (Wildman–Crippen MR) is 83.2 cm³/mol. The molecular weight excluding hydrogens is 298 g/mol. The number of carbonyl (C=O) groups excluding carboxylic acids is 1. The molecule has 0 aliphatic rings. The third-order valence-corrected chi connectivity index (χ3v) is 3.90. The first-order valence-corrected chi connectivity index (χ1v) is 7.79. The summed E-state index contributed by atoms with van der Waals surface area (Å²) in [6, 6.07) is 7.61. The average molecular weight is 313 g/mol. The molecule has 3 heterocycles. The van der Waals surface area contributed by atoms with Crippen molar-refractivity contribution >= 4 is 17.2 Å². The smallest absolute Gasteiger partial charge is 0.242 e. The Morgan fingerprint density at radius 2 is 2.32 bits per heavy atom. The van der Waals surface area contributed by atoms with E-state index < -0.39 is 0 Å². The minimum Gasteiger partial charge on any atom is -0.346 e. The van der Waals surface area contributed by atoms with E-state index in [1.165, 1.54) is 22.9 Å². The molecule has 1 N–H and O–H groups in total. The Hall–Kier alpha value is -2.54. The number of pyridine rings is 1. The van der Waals surface area contributed by atoms with Gasteiger partial charge in [-0.2, -0.15) is 16.4 Å². The summed E-state index contributed by atoms with van der Waals surface area (Å²) >= 11 is 1.64. The van der Waals surface area contributed by atoms with Gasteiger partial charge < -0.3 is 5.32 Å². The minimum absolute atomic E-state index is 0.114. The maximum atomic E-state index is 12.2. The largest absolute Gasteiger partial charge is 0.346 e. The molecule has 0 saturated heterocycles. The molecular formula is C15H15N5OS. The van der Waals surface area contributed by atoms with Crippen molar-refractivity contribution in [2.24, 2.45) is 0 Å². The highest BCUT2D eigenvalue weighted by molar-refractivity contribution is 7.07. The molecule has 0 unspecified atom stereocenters. The summed E-state index contributed by atoms with van der Waals surface area (Å²) in [7, 11) is 0. The van der Waals surface area contributed by atoms with Gasteiger partial charge >= 0.3 is 0 Å². The first-order chi connectivity index (χ1) is 10.8. The quantitative estimate of drug-likeness (QED) is 0.753. The number of carbonyl (C=O) groups is 1. The van der Waals surface area contributed by atoms with Crippen LogP contribution in [-0.2, 0) is 17.8 Å². The van der Waals surface area contributed by atoms with E-state index in [1.807, 2.05) is 23.6 Å². The van der Waals surface area contributed by atoms with Gasteiger partial charge in [0.15, 0.2) is 0 Å². The van der Waals surface area contributed by atoms with Gasteiger partial charge in [0.05, 0.1) is 11.7 Å². The summed E-state index contributed by atoms with van der Waals surface area (Å²) in [5, 5.41) is 11.1. The van der Waals surface area contributed by atoms with Crippen LogP contribution in [0.25, 0.3) is 0 Å². The van der Waals surface area contributed by atoms with Gasteiger partial charge in [0.2, 0.25) is 5.91 Å². The van der Waals surface area contributed by atoms with Crippen LogP contribution in [0, 0.1) is 0 Å². The fraction of sp³-hybridized carbons (Fsp3) is 0.200. The third kappa shape index (κ3) is 3.76. The molecule has 1 atom stereocenters. The number of aromatic nitrogens is 4. The van der Waals surface area contributed by atoms with E-state index in [2.05, 4.69) is 31.8 Å². The van der Waals surface area contributed by atoms with Gasteiger partial charge in [-0.3, -0.25) is 9.78 Å².